The zero-order chi connectivity index (χ0) is 15.5. The first kappa shape index (κ1) is 13.9. The van der Waals surface area contributed by atoms with Gasteiger partial charge in [0.1, 0.15) is 12.3 Å². The smallest absolute Gasteiger partial charge is 0.266 e. The molecule has 0 unspecified atom stereocenters. The number of carbonyl (C=O) groups is 2. The van der Waals surface area contributed by atoms with Crippen LogP contribution in [0, 0.1) is 0 Å². The highest BCUT2D eigenvalue weighted by molar-refractivity contribution is 6.04. The number of rotatable bonds is 3. The molecule has 1 aliphatic heterocycles. The number of amides is 2. The molecule has 0 bridgehead atoms. The second kappa shape index (κ2) is 5.72. The van der Waals surface area contributed by atoms with E-state index in [4.69, 9.17) is 4.74 Å². The van der Waals surface area contributed by atoms with Crippen molar-refractivity contribution in [3.05, 3.63) is 42.6 Å². The highest BCUT2D eigenvalue weighted by Crippen LogP contribution is 2.29. The number of anilines is 2. The Kier molecular flexibility index (Phi) is 3.61. The summed E-state index contributed by atoms with van der Waals surface area (Å²) in [6.45, 7) is -0.344. The number of aromatic hydroxyl groups is 1. The Hall–Kier alpha value is -3.09. The number of aromatic nitrogens is 1. The minimum absolute atomic E-state index is 0.0392. The van der Waals surface area contributed by atoms with Gasteiger partial charge in [0.15, 0.2) is 18.2 Å². The summed E-state index contributed by atoms with van der Waals surface area (Å²) >= 11 is 0. The molecule has 0 fully saturated rings. The SMILES string of the molecule is O=C(CN1C(=O)COc2cccnc21)Nc1ccccc1O. The molecule has 112 valence electrons. The van der Waals surface area contributed by atoms with E-state index in [1.54, 1.807) is 30.3 Å². The molecule has 1 aliphatic rings. The van der Waals surface area contributed by atoms with Crippen molar-refractivity contribution in [3.8, 4) is 11.5 Å². The van der Waals surface area contributed by atoms with E-state index in [1.807, 2.05) is 0 Å². The third-order valence-electron chi connectivity index (χ3n) is 3.14. The molecule has 2 aromatic rings. The average Bonchev–Trinajstić information content (AvgIpc) is 2.52. The molecular formula is C15H13N3O4. The van der Waals surface area contributed by atoms with Crippen LogP contribution >= 0.6 is 0 Å². The van der Waals surface area contributed by atoms with Crippen LogP contribution in [0.5, 0.6) is 11.5 Å². The Morgan fingerprint density at radius 2 is 2.14 bits per heavy atom. The summed E-state index contributed by atoms with van der Waals surface area (Å²) in [6, 6.07) is 9.74. The maximum absolute atomic E-state index is 12.1. The fraction of sp³-hybridized carbons (Fsp3) is 0.133. The van der Waals surface area contributed by atoms with Crippen LogP contribution in [-0.4, -0.2) is 35.1 Å². The largest absolute Gasteiger partial charge is 0.506 e. The molecule has 1 aromatic carbocycles. The van der Waals surface area contributed by atoms with Gasteiger partial charge in [0.25, 0.3) is 5.91 Å². The maximum atomic E-state index is 12.1. The van der Waals surface area contributed by atoms with Crippen molar-refractivity contribution in [3.63, 3.8) is 0 Å². The summed E-state index contributed by atoms with van der Waals surface area (Å²) in [5, 5.41) is 12.2. The summed E-state index contributed by atoms with van der Waals surface area (Å²) in [7, 11) is 0. The number of hydrogen-bond acceptors (Lipinski definition) is 5. The van der Waals surface area contributed by atoms with E-state index in [2.05, 4.69) is 10.3 Å². The Labute approximate surface area is 126 Å². The molecule has 2 heterocycles. The van der Waals surface area contributed by atoms with E-state index in [9.17, 15) is 14.7 Å². The van der Waals surface area contributed by atoms with Crippen molar-refractivity contribution in [2.45, 2.75) is 0 Å². The molecule has 2 N–H and O–H groups in total. The lowest BCUT2D eigenvalue weighted by Crippen LogP contribution is -2.43. The molecule has 3 rings (SSSR count). The Morgan fingerprint density at radius 3 is 2.95 bits per heavy atom. The predicted molar refractivity (Wildman–Crippen MR) is 78.8 cm³/mol. The van der Waals surface area contributed by atoms with Crippen LogP contribution in [0.4, 0.5) is 11.5 Å². The first-order valence-corrected chi connectivity index (χ1v) is 6.61. The molecule has 22 heavy (non-hydrogen) atoms. The van der Waals surface area contributed by atoms with E-state index in [0.29, 0.717) is 11.6 Å². The van der Waals surface area contributed by atoms with Crippen molar-refractivity contribution < 1.29 is 19.4 Å². The molecule has 7 nitrogen and oxygen atoms in total. The minimum Gasteiger partial charge on any atom is -0.506 e. The second-order valence-corrected chi connectivity index (χ2v) is 4.66. The van der Waals surface area contributed by atoms with Crippen LogP contribution in [0.3, 0.4) is 0 Å². The van der Waals surface area contributed by atoms with Crippen LogP contribution in [-0.2, 0) is 9.59 Å². The number of nitrogens with zero attached hydrogens (tertiary/aromatic N) is 2. The van der Waals surface area contributed by atoms with E-state index < -0.39 is 5.91 Å². The number of nitrogens with one attached hydrogen (secondary N) is 1. The molecule has 0 radical (unpaired) electrons. The third-order valence-corrected chi connectivity index (χ3v) is 3.14. The van der Waals surface area contributed by atoms with Crippen LogP contribution in [0.1, 0.15) is 0 Å². The van der Waals surface area contributed by atoms with Crippen molar-refractivity contribution in [1.82, 2.24) is 4.98 Å². The molecule has 0 saturated heterocycles. The number of phenols is 1. The molecule has 0 atom stereocenters. The van der Waals surface area contributed by atoms with Crippen LogP contribution < -0.4 is 15.0 Å². The van der Waals surface area contributed by atoms with Gasteiger partial charge in [-0.25, -0.2) is 4.98 Å². The normalized spacial score (nSPS) is 13.3. The van der Waals surface area contributed by atoms with Gasteiger partial charge in [0, 0.05) is 6.20 Å². The van der Waals surface area contributed by atoms with Crippen LogP contribution in [0.15, 0.2) is 42.6 Å². The third kappa shape index (κ3) is 2.69. The molecule has 0 saturated carbocycles. The summed E-state index contributed by atoms with van der Waals surface area (Å²) in [6.07, 6.45) is 1.52. The lowest BCUT2D eigenvalue weighted by molar-refractivity contribution is -0.123. The van der Waals surface area contributed by atoms with Gasteiger partial charge >= 0.3 is 0 Å². The lowest BCUT2D eigenvalue weighted by atomic mass is 10.3. The van der Waals surface area contributed by atoms with Gasteiger partial charge in [-0.05, 0) is 24.3 Å². The quantitative estimate of drug-likeness (QED) is 0.830. The number of para-hydroxylation sites is 2. The fourth-order valence-electron chi connectivity index (χ4n) is 2.11. The zero-order valence-electron chi connectivity index (χ0n) is 11.5. The highest BCUT2D eigenvalue weighted by atomic mass is 16.5. The molecule has 0 spiro atoms. The van der Waals surface area contributed by atoms with E-state index in [1.165, 1.54) is 17.2 Å². The van der Waals surface area contributed by atoms with Gasteiger partial charge in [0.2, 0.25) is 5.91 Å². The number of hydrogen-bond donors (Lipinski definition) is 2. The molecular weight excluding hydrogens is 286 g/mol. The molecule has 1 aromatic heterocycles. The Balaban J connectivity index is 1.77. The van der Waals surface area contributed by atoms with Crippen LogP contribution in [0.25, 0.3) is 0 Å². The number of ether oxygens (including phenoxy) is 1. The van der Waals surface area contributed by atoms with E-state index in [0.717, 1.165) is 0 Å². The first-order chi connectivity index (χ1) is 10.6. The lowest BCUT2D eigenvalue weighted by Gasteiger charge is -2.27. The number of phenolic OH excluding ortho intramolecular Hbond substituents is 1. The predicted octanol–water partition coefficient (Wildman–Crippen LogP) is 1.15. The fourth-order valence-corrected chi connectivity index (χ4v) is 2.11. The van der Waals surface area contributed by atoms with Gasteiger partial charge in [-0.15, -0.1) is 0 Å². The Bertz CT molecular complexity index is 732. The standard InChI is InChI=1S/C15H13N3O4/c19-11-5-2-1-4-10(11)17-13(20)8-18-14(21)9-22-12-6-3-7-16-15(12)18/h1-7,19H,8-9H2,(H,17,20). The van der Waals surface area contributed by atoms with E-state index in [-0.39, 0.29) is 30.5 Å². The molecule has 2 amide bonds. The number of pyridine rings is 1. The van der Waals surface area contributed by atoms with Gasteiger partial charge in [0.05, 0.1) is 5.69 Å². The average molecular weight is 299 g/mol. The van der Waals surface area contributed by atoms with E-state index >= 15 is 0 Å². The van der Waals surface area contributed by atoms with Gasteiger partial charge in [-0.3, -0.25) is 14.5 Å². The van der Waals surface area contributed by atoms with Gasteiger partial charge in [-0.1, -0.05) is 12.1 Å². The molecule has 0 aliphatic carbocycles. The van der Waals surface area contributed by atoms with Crippen molar-refractivity contribution in [2.75, 3.05) is 23.4 Å². The highest BCUT2D eigenvalue weighted by Gasteiger charge is 2.28. The number of carbonyl (C=O) groups excluding carboxylic acids is 2. The van der Waals surface area contributed by atoms with Gasteiger partial charge < -0.3 is 15.2 Å². The zero-order valence-corrected chi connectivity index (χ0v) is 11.5. The topological polar surface area (TPSA) is 91.8 Å². The molecule has 7 heteroatoms. The monoisotopic (exact) mass is 299 g/mol. The summed E-state index contributed by atoms with van der Waals surface area (Å²) in [5.41, 5.74) is 0.287. The van der Waals surface area contributed by atoms with Crippen molar-refractivity contribution in [1.29, 1.82) is 0 Å². The maximum Gasteiger partial charge on any atom is 0.266 e. The number of benzene rings is 1. The van der Waals surface area contributed by atoms with Crippen molar-refractivity contribution in [2.24, 2.45) is 0 Å². The first-order valence-electron chi connectivity index (χ1n) is 6.61. The summed E-state index contributed by atoms with van der Waals surface area (Å²) in [4.78, 5) is 29.4. The summed E-state index contributed by atoms with van der Waals surface area (Å²) < 4.78 is 5.26. The second-order valence-electron chi connectivity index (χ2n) is 4.66. The van der Waals surface area contributed by atoms with Gasteiger partial charge in [-0.2, -0.15) is 0 Å². The van der Waals surface area contributed by atoms with Crippen molar-refractivity contribution >= 4 is 23.3 Å². The number of fused-ring (bicyclic) bond motifs is 1. The summed E-state index contributed by atoms with van der Waals surface area (Å²) in [5.74, 6) is -0.0571. The van der Waals surface area contributed by atoms with Crippen LogP contribution in [0.2, 0.25) is 0 Å². The minimum atomic E-state index is -0.437. The Morgan fingerprint density at radius 1 is 1.32 bits per heavy atom.